The Balaban J connectivity index is 2.40. The summed E-state index contributed by atoms with van der Waals surface area (Å²) in [6, 6.07) is 0.426. The number of methoxy groups -OCH3 is 1. The molecule has 0 amide bonds. The van der Waals surface area contributed by atoms with Gasteiger partial charge in [-0.05, 0) is 34.1 Å². The van der Waals surface area contributed by atoms with Crippen LogP contribution in [0.5, 0.6) is 0 Å². The van der Waals surface area contributed by atoms with Crippen LogP contribution in [0.2, 0.25) is 0 Å². The summed E-state index contributed by atoms with van der Waals surface area (Å²) >= 11 is 0. The monoisotopic (exact) mass is 240 g/mol. The summed E-state index contributed by atoms with van der Waals surface area (Å²) in [5.41, 5.74) is 0.969. The summed E-state index contributed by atoms with van der Waals surface area (Å²) in [4.78, 5) is 0. The smallest absolute Gasteiger partial charge is 0.0965 e. The molecule has 0 aliphatic carbocycles. The highest BCUT2D eigenvalue weighted by atomic mass is 16.5. The maximum Gasteiger partial charge on any atom is 0.0965 e. The first-order chi connectivity index (χ1) is 7.93. The Labute approximate surface area is 104 Å². The molecule has 0 aliphatic heterocycles. The van der Waals surface area contributed by atoms with Crippen LogP contribution in [0.15, 0.2) is 6.20 Å². The molecule has 17 heavy (non-hydrogen) atoms. The van der Waals surface area contributed by atoms with E-state index in [1.54, 1.807) is 7.11 Å². The van der Waals surface area contributed by atoms with E-state index in [0.29, 0.717) is 6.04 Å². The molecule has 5 nitrogen and oxygen atoms in total. The first-order valence-electron chi connectivity index (χ1n) is 6.07. The van der Waals surface area contributed by atoms with Gasteiger partial charge in [-0.2, -0.15) is 0 Å². The van der Waals surface area contributed by atoms with Crippen molar-refractivity contribution in [1.29, 1.82) is 0 Å². The topological polar surface area (TPSA) is 52.0 Å². The quantitative estimate of drug-likeness (QED) is 0.819. The zero-order chi connectivity index (χ0) is 12.9. The zero-order valence-electron chi connectivity index (χ0n) is 11.5. The minimum absolute atomic E-state index is 0.00703. The van der Waals surface area contributed by atoms with Crippen LogP contribution in [0, 0.1) is 0 Å². The molecule has 1 rings (SSSR count). The highest BCUT2D eigenvalue weighted by molar-refractivity contribution is 4.94. The third kappa shape index (κ3) is 4.83. The largest absolute Gasteiger partial charge is 0.385 e. The van der Waals surface area contributed by atoms with Crippen molar-refractivity contribution in [3.63, 3.8) is 0 Å². The second kappa shape index (κ2) is 6.12. The Hall–Kier alpha value is -0.940. The van der Waals surface area contributed by atoms with Crippen LogP contribution < -0.4 is 5.32 Å². The average molecular weight is 240 g/mol. The van der Waals surface area contributed by atoms with Gasteiger partial charge in [0.1, 0.15) is 0 Å². The van der Waals surface area contributed by atoms with Gasteiger partial charge in [-0.3, -0.25) is 0 Å². The van der Waals surface area contributed by atoms with Crippen LogP contribution in [0.1, 0.15) is 39.8 Å². The fourth-order valence-electron chi connectivity index (χ4n) is 1.38. The van der Waals surface area contributed by atoms with E-state index < -0.39 is 0 Å². The van der Waals surface area contributed by atoms with Gasteiger partial charge in [0.25, 0.3) is 0 Å². The van der Waals surface area contributed by atoms with Gasteiger partial charge in [0.2, 0.25) is 0 Å². The van der Waals surface area contributed by atoms with Crippen LogP contribution in [0.25, 0.3) is 0 Å². The van der Waals surface area contributed by atoms with Crippen molar-refractivity contribution in [2.24, 2.45) is 0 Å². The molecule has 5 heteroatoms. The molecule has 0 bridgehead atoms. The van der Waals surface area contributed by atoms with E-state index in [-0.39, 0.29) is 5.54 Å². The van der Waals surface area contributed by atoms with Crippen molar-refractivity contribution in [1.82, 2.24) is 20.3 Å². The first-order valence-corrected chi connectivity index (χ1v) is 6.07. The van der Waals surface area contributed by atoms with Crippen molar-refractivity contribution < 1.29 is 4.74 Å². The van der Waals surface area contributed by atoms with Gasteiger partial charge in [-0.25, -0.2) is 4.68 Å². The third-order valence-electron chi connectivity index (χ3n) is 2.61. The summed E-state index contributed by atoms with van der Waals surface area (Å²) in [6.07, 6.45) is 3.00. The second-order valence-electron chi connectivity index (χ2n) is 5.39. The molecule has 1 aromatic heterocycles. The van der Waals surface area contributed by atoms with E-state index in [1.807, 2.05) is 10.9 Å². The standard InChI is InChI=1S/C12H24N4O/c1-10(6-7-17-5)13-8-11-9-16(15-14-11)12(2,3)4/h9-10,13H,6-8H2,1-5H3. The summed E-state index contributed by atoms with van der Waals surface area (Å²) < 4.78 is 6.93. The third-order valence-corrected chi connectivity index (χ3v) is 2.61. The van der Waals surface area contributed by atoms with Crippen LogP contribution in [-0.4, -0.2) is 34.8 Å². The predicted molar refractivity (Wildman–Crippen MR) is 67.8 cm³/mol. The molecule has 1 N–H and O–H groups in total. The van der Waals surface area contributed by atoms with Crippen molar-refractivity contribution in [3.8, 4) is 0 Å². The lowest BCUT2D eigenvalue weighted by Gasteiger charge is -2.17. The minimum Gasteiger partial charge on any atom is -0.385 e. The SMILES string of the molecule is COCCC(C)NCc1cn(C(C)(C)C)nn1. The van der Waals surface area contributed by atoms with Crippen molar-refractivity contribution in [2.75, 3.05) is 13.7 Å². The summed E-state index contributed by atoms with van der Waals surface area (Å²) in [5, 5.41) is 11.7. The Morgan fingerprint density at radius 2 is 2.18 bits per heavy atom. The van der Waals surface area contributed by atoms with E-state index in [9.17, 15) is 0 Å². The lowest BCUT2D eigenvalue weighted by atomic mass is 10.1. The number of rotatable bonds is 6. The average Bonchev–Trinajstić information content (AvgIpc) is 2.71. The van der Waals surface area contributed by atoms with Gasteiger partial charge in [0.05, 0.1) is 17.4 Å². The highest BCUT2D eigenvalue weighted by Gasteiger charge is 2.15. The van der Waals surface area contributed by atoms with Crippen molar-refractivity contribution in [2.45, 2.75) is 52.2 Å². The van der Waals surface area contributed by atoms with E-state index >= 15 is 0 Å². The van der Waals surface area contributed by atoms with E-state index in [0.717, 1.165) is 25.3 Å². The summed E-state index contributed by atoms with van der Waals surface area (Å²) in [5.74, 6) is 0. The lowest BCUT2D eigenvalue weighted by molar-refractivity contribution is 0.184. The maximum absolute atomic E-state index is 5.04. The molecule has 0 fully saturated rings. The normalized spacial score (nSPS) is 13.9. The van der Waals surface area contributed by atoms with Crippen LogP contribution in [0.3, 0.4) is 0 Å². The Morgan fingerprint density at radius 1 is 1.47 bits per heavy atom. The molecule has 1 atom stereocenters. The number of hydrogen-bond acceptors (Lipinski definition) is 4. The van der Waals surface area contributed by atoms with Gasteiger partial charge in [-0.15, -0.1) is 5.10 Å². The van der Waals surface area contributed by atoms with E-state index in [4.69, 9.17) is 4.74 Å². The number of nitrogens with zero attached hydrogens (tertiary/aromatic N) is 3. The molecule has 98 valence electrons. The van der Waals surface area contributed by atoms with Gasteiger partial charge in [-0.1, -0.05) is 5.21 Å². The number of nitrogens with one attached hydrogen (secondary N) is 1. The van der Waals surface area contributed by atoms with Gasteiger partial charge < -0.3 is 10.1 Å². The van der Waals surface area contributed by atoms with Crippen LogP contribution >= 0.6 is 0 Å². The van der Waals surface area contributed by atoms with E-state index in [2.05, 4.69) is 43.3 Å². The molecule has 0 aromatic carbocycles. The molecule has 1 heterocycles. The Kier molecular flexibility index (Phi) is 5.08. The number of ether oxygens (including phenoxy) is 1. The molecule has 0 saturated carbocycles. The maximum atomic E-state index is 5.04. The minimum atomic E-state index is -0.00703. The molecule has 0 aliphatic rings. The van der Waals surface area contributed by atoms with Crippen LogP contribution in [-0.2, 0) is 16.8 Å². The first kappa shape index (κ1) is 14.1. The zero-order valence-corrected chi connectivity index (χ0v) is 11.5. The molecule has 0 spiro atoms. The Morgan fingerprint density at radius 3 is 2.71 bits per heavy atom. The molecular formula is C12H24N4O. The van der Waals surface area contributed by atoms with Crippen molar-refractivity contribution in [3.05, 3.63) is 11.9 Å². The predicted octanol–water partition coefficient (Wildman–Crippen LogP) is 1.55. The van der Waals surface area contributed by atoms with Gasteiger partial charge in [0.15, 0.2) is 0 Å². The van der Waals surface area contributed by atoms with Crippen LogP contribution in [0.4, 0.5) is 0 Å². The fourth-order valence-corrected chi connectivity index (χ4v) is 1.38. The molecule has 1 aromatic rings. The van der Waals surface area contributed by atoms with Gasteiger partial charge >= 0.3 is 0 Å². The summed E-state index contributed by atoms with van der Waals surface area (Å²) in [7, 11) is 1.72. The lowest BCUT2D eigenvalue weighted by Crippen LogP contribution is -2.27. The molecule has 0 radical (unpaired) electrons. The van der Waals surface area contributed by atoms with Crippen molar-refractivity contribution >= 4 is 0 Å². The number of hydrogen-bond donors (Lipinski definition) is 1. The van der Waals surface area contributed by atoms with E-state index in [1.165, 1.54) is 0 Å². The Bertz CT molecular complexity index is 329. The molecule has 0 saturated heterocycles. The second-order valence-corrected chi connectivity index (χ2v) is 5.39. The highest BCUT2D eigenvalue weighted by Crippen LogP contribution is 2.11. The molecular weight excluding hydrogens is 216 g/mol. The summed E-state index contributed by atoms with van der Waals surface area (Å²) in [6.45, 7) is 10.0. The number of aromatic nitrogens is 3. The van der Waals surface area contributed by atoms with Gasteiger partial charge in [0, 0.05) is 26.3 Å². The molecule has 1 unspecified atom stereocenters. The fraction of sp³-hybridized carbons (Fsp3) is 0.833.